The molecule has 33 heavy (non-hydrogen) atoms. The van der Waals surface area contributed by atoms with Crippen LogP contribution in [0.3, 0.4) is 0 Å². The van der Waals surface area contributed by atoms with Gasteiger partial charge in [0.05, 0.1) is 29.5 Å². The van der Waals surface area contributed by atoms with Crippen molar-refractivity contribution in [2.75, 3.05) is 25.5 Å². The predicted octanol–water partition coefficient (Wildman–Crippen LogP) is 4.09. The summed E-state index contributed by atoms with van der Waals surface area (Å²) in [6, 6.07) is 10.5. The molecule has 10 heteroatoms. The zero-order valence-corrected chi connectivity index (χ0v) is 19.5. The topological polar surface area (TPSA) is 102 Å². The van der Waals surface area contributed by atoms with Gasteiger partial charge in [0.25, 0.3) is 0 Å². The lowest BCUT2D eigenvalue weighted by Crippen LogP contribution is -2.30. The van der Waals surface area contributed by atoms with E-state index in [-0.39, 0.29) is 46.5 Å². The number of carbonyl (C=O) groups is 1. The Hall–Kier alpha value is -3.24. The summed E-state index contributed by atoms with van der Waals surface area (Å²) >= 11 is 0. The molecule has 176 valence electrons. The predicted molar refractivity (Wildman–Crippen MR) is 122 cm³/mol. The monoisotopic (exact) mass is 475 g/mol. The highest BCUT2D eigenvalue weighted by molar-refractivity contribution is 7.89. The molecule has 3 rings (SSSR count). The second-order valence-corrected chi connectivity index (χ2v) is 9.04. The Morgan fingerprint density at radius 1 is 1.18 bits per heavy atom. The van der Waals surface area contributed by atoms with Gasteiger partial charge in [-0.3, -0.25) is 4.79 Å². The largest absolute Gasteiger partial charge is 0.495 e. The van der Waals surface area contributed by atoms with E-state index in [9.17, 15) is 17.6 Å². The number of aromatic nitrogens is 1. The zero-order chi connectivity index (χ0) is 24.0. The molecule has 8 nitrogen and oxygen atoms in total. The van der Waals surface area contributed by atoms with Crippen molar-refractivity contribution in [2.45, 2.75) is 31.6 Å². The number of nitrogens with zero attached hydrogens (tertiary/aromatic N) is 2. The van der Waals surface area contributed by atoms with Crippen molar-refractivity contribution in [2.24, 2.45) is 0 Å². The van der Waals surface area contributed by atoms with E-state index in [2.05, 4.69) is 10.3 Å². The lowest BCUT2D eigenvalue weighted by atomic mass is 10.2. The third kappa shape index (κ3) is 5.58. The Kier molecular flexibility index (Phi) is 7.83. The number of hydrogen-bond donors (Lipinski definition) is 1. The molecular weight excluding hydrogens is 449 g/mol. The molecule has 0 aliphatic carbocycles. The number of anilines is 1. The summed E-state index contributed by atoms with van der Waals surface area (Å²) in [5.41, 5.74) is 0.534. The van der Waals surface area contributed by atoms with E-state index in [0.717, 1.165) is 0 Å². The number of oxazole rings is 1. The van der Waals surface area contributed by atoms with Gasteiger partial charge < -0.3 is 14.5 Å². The second kappa shape index (κ2) is 10.6. The Balaban J connectivity index is 1.71. The Morgan fingerprint density at radius 2 is 1.91 bits per heavy atom. The van der Waals surface area contributed by atoms with Crippen LogP contribution in [0.15, 0.2) is 58.0 Å². The van der Waals surface area contributed by atoms with Crippen LogP contribution in [0.5, 0.6) is 5.75 Å². The Bertz CT molecular complexity index is 1220. The number of carbonyl (C=O) groups excluding carboxylic acids is 1. The van der Waals surface area contributed by atoms with Crippen LogP contribution in [0.1, 0.15) is 26.2 Å². The maximum absolute atomic E-state index is 13.9. The van der Waals surface area contributed by atoms with E-state index < -0.39 is 15.8 Å². The van der Waals surface area contributed by atoms with Gasteiger partial charge in [-0.2, -0.15) is 4.31 Å². The van der Waals surface area contributed by atoms with Crippen LogP contribution in [-0.2, 0) is 21.2 Å². The summed E-state index contributed by atoms with van der Waals surface area (Å²) in [5.74, 6) is 0.0911. The van der Waals surface area contributed by atoms with Gasteiger partial charge >= 0.3 is 0 Å². The smallest absolute Gasteiger partial charge is 0.243 e. The lowest BCUT2D eigenvalue weighted by Gasteiger charge is -2.19. The highest BCUT2D eigenvalue weighted by Crippen LogP contribution is 2.29. The van der Waals surface area contributed by atoms with E-state index in [1.54, 1.807) is 32.0 Å². The number of methoxy groups -OCH3 is 1. The number of nitrogens with one attached hydrogen (secondary N) is 1. The van der Waals surface area contributed by atoms with E-state index >= 15 is 0 Å². The second-order valence-electron chi connectivity index (χ2n) is 7.10. The van der Waals surface area contributed by atoms with Gasteiger partial charge in [0.2, 0.25) is 15.9 Å². The van der Waals surface area contributed by atoms with Crippen molar-refractivity contribution in [3.8, 4) is 17.1 Å². The number of benzene rings is 2. The molecule has 0 bridgehead atoms. The van der Waals surface area contributed by atoms with Crippen molar-refractivity contribution < 1.29 is 26.8 Å². The number of ether oxygens (including phenoxy) is 1. The summed E-state index contributed by atoms with van der Waals surface area (Å²) in [5, 5.41) is 2.69. The molecule has 0 fully saturated rings. The van der Waals surface area contributed by atoms with Crippen molar-refractivity contribution in [1.29, 1.82) is 0 Å². The first-order valence-corrected chi connectivity index (χ1v) is 11.9. The molecule has 0 atom stereocenters. The molecule has 1 heterocycles. The van der Waals surface area contributed by atoms with E-state index in [1.165, 1.54) is 41.9 Å². The van der Waals surface area contributed by atoms with E-state index in [4.69, 9.17) is 9.15 Å². The van der Waals surface area contributed by atoms with Gasteiger partial charge in [0.1, 0.15) is 11.6 Å². The van der Waals surface area contributed by atoms with Crippen molar-refractivity contribution >= 4 is 21.6 Å². The average Bonchev–Trinajstić information content (AvgIpc) is 3.27. The minimum Gasteiger partial charge on any atom is -0.495 e. The number of rotatable bonds is 10. The van der Waals surface area contributed by atoms with Crippen LogP contribution in [-0.4, -0.2) is 43.8 Å². The first kappa shape index (κ1) is 24.4. The molecule has 1 amide bonds. The third-order valence-corrected chi connectivity index (χ3v) is 7.09. The molecule has 0 radical (unpaired) electrons. The summed E-state index contributed by atoms with van der Waals surface area (Å²) in [4.78, 5) is 16.7. The number of halogens is 1. The fraction of sp³-hybridized carbons (Fsp3) is 0.304. The van der Waals surface area contributed by atoms with Gasteiger partial charge in [0.15, 0.2) is 11.7 Å². The first-order valence-electron chi connectivity index (χ1n) is 10.5. The summed E-state index contributed by atoms with van der Waals surface area (Å²) < 4.78 is 51.7. The molecule has 1 aromatic heterocycles. The quantitative estimate of drug-likeness (QED) is 0.474. The molecule has 0 saturated heterocycles. The fourth-order valence-electron chi connectivity index (χ4n) is 3.30. The highest BCUT2D eigenvalue weighted by atomic mass is 32.2. The minimum atomic E-state index is -3.70. The maximum Gasteiger partial charge on any atom is 0.243 e. The van der Waals surface area contributed by atoms with Gasteiger partial charge in [-0.05, 0) is 30.3 Å². The molecule has 1 N–H and O–H groups in total. The van der Waals surface area contributed by atoms with Crippen molar-refractivity contribution in [3.05, 3.63) is 60.4 Å². The third-order valence-electron chi connectivity index (χ3n) is 5.05. The Morgan fingerprint density at radius 3 is 2.58 bits per heavy atom. The van der Waals surface area contributed by atoms with E-state index in [1.807, 2.05) is 0 Å². The SMILES string of the molecule is CCN(CC)S(=O)(=O)c1ccc(OC)c(NC(=O)CCc2ncc(-c3ccccc3F)o2)c1. The average molecular weight is 476 g/mol. The molecule has 0 spiro atoms. The number of aryl methyl sites for hydroxylation is 1. The maximum atomic E-state index is 13.9. The molecular formula is C23H26FN3O5S. The highest BCUT2D eigenvalue weighted by Gasteiger charge is 2.23. The Labute approximate surface area is 192 Å². The molecule has 0 aliphatic rings. The van der Waals surface area contributed by atoms with E-state index in [0.29, 0.717) is 18.8 Å². The van der Waals surface area contributed by atoms with Gasteiger partial charge in [-0.25, -0.2) is 17.8 Å². The number of sulfonamides is 1. The molecule has 3 aromatic rings. The summed E-state index contributed by atoms with van der Waals surface area (Å²) in [6.45, 7) is 4.18. The summed E-state index contributed by atoms with van der Waals surface area (Å²) in [6.07, 6.45) is 1.61. The minimum absolute atomic E-state index is 0.0212. The summed E-state index contributed by atoms with van der Waals surface area (Å²) in [7, 11) is -2.26. The van der Waals surface area contributed by atoms with Crippen LogP contribution in [0, 0.1) is 5.82 Å². The zero-order valence-electron chi connectivity index (χ0n) is 18.7. The molecule has 2 aromatic carbocycles. The number of hydrogen-bond acceptors (Lipinski definition) is 6. The van der Waals surface area contributed by atoms with Crippen LogP contribution in [0.25, 0.3) is 11.3 Å². The molecule has 0 aliphatic heterocycles. The van der Waals surface area contributed by atoms with Crippen LogP contribution in [0.2, 0.25) is 0 Å². The number of amides is 1. The van der Waals surface area contributed by atoms with Gasteiger partial charge in [0, 0.05) is 25.9 Å². The van der Waals surface area contributed by atoms with Gasteiger partial charge in [-0.15, -0.1) is 0 Å². The van der Waals surface area contributed by atoms with Crippen LogP contribution >= 0.6 is 0 Å². The standard InChI is InChI=1S/C23H26FN3O5S/c1-4-27(5-2)33(29,30)16-10-11-20(31-3)19(14-16)26-22(28)12-13-23-25-15-21(32-23)17-8-6-7-9-18(17)24/h6-11,14-15H,4-5,12-13H2,1-3H3,(H,26,28). The normalized spacial score (nSPS) is 11.5. The van der Waals surface area contributed by atoms with Gasteiger partial charge in [-0.1, -0.05) is 26.0 Å². The van der Waals surface area contributed by atoms with Crippen LogP contribution < -0.4 is 10.1 Å². The molecule has 0 unspecified atom stereocenters. The fourth-order valence-corrected chi connectivity index (χ4v) is 4.79. The van der Waals surface area contributed by atoms with Crippen LogP contribution in [0.4, 0.5) is 10.1 Å². The molecule has 0 saturated carbocycles. The van der Waals surface area contributed by atoms with Crippen molar-refractivity contribution in [3.63, 3.8) is 0 Å². The van der Waals surface area contributed by atoms with Crippen molar-refractivity contribution in [1.82, 2.24) is 9.29 Å². The lowest BCUT2D eigenvalue weighted by molar-refractivity contribution is -0.116. The first-order chi connectivity index (χ1) is 15.8.